The first-order chi connectivity index (χ1) is 12.0. The van der Waals surface area contributed by atoms with Gasteiger partial charge in [0.1, 0.15) is 6.54 Å². The summed E-state index contributed by atoms with van der Waals surface area (Å²) in [5, 5.41) is 0. The number of methoxy groups -OCH3 is 2. The van der Waals surface area contributed by atoms with Gasteiger partial charge in [0.05, 0.1) is 14.2 Å². The van der Waals surface area contributed by atoms with Gasteiger partial charge in [-0.2, -0.15) is 0 Å². The molecule has 0 spiro atoms. The lowest BCUT2D eigenvalue weighted by atomic mass is 9.98. The van der Waals surface area contributed by atoms with E-state index >= 15 is 0 Å². The fourth-order valence-electron chi connectivity index (χ4n) is 2.91. The van der Waals surface area contributed by atoms with E-state index in [-0.39, 0.29) is 12.5 Å². The number of nitrogens with one attached hydrogen (secondary N) is 1. The number of nitrogens with zero attached hydrogens (tertiary/aromatic N) is 2. The Labute approximate surface area is 143 Å². The van der Waals surface area contributed by atoms with Crippen molar-refractivity contribution in [1.82, 2.24) is 14.5 Å². The Morgan fingerprint density at radius 2 is 1.84 bits per heavy atom. The van der Waals surface area contributed by atoms with Crippen LogP contribution in [0.25, 0.3) is 0 Å². The minimum absolute atomic E-state index is 0.113. The number of rotatable bonds is 4. The molecule has 1 aromatic heterocycles. The molecule has 0 atom stereocenters. The van der Waals surface area contributed by atoms with E-state index in [1.807, 2.05) is 12.1 Å². The highest BCUT2D eigenvalue weighted by Gasteiger charge is 2.23. The third-order valence-corrected chi connectivity index (χ3v) is 4.27. The van der Waals surface area contributed by atoms with Crippen molar-refractivity contribution < 1.29 is 14.3 Å². The molecular weight excluding hydrogens is 326 g/mol. The molecule has 0 saturated heterocycles. The SMILES string of the molecule is COc1cc2c(cc1OC)CN(C(=O)Cn1ccc(=O)[nH]c1=O)CC2. The molecule has 2 heterocycles. The molecule has 0 saturated carbocycles. The first kappa shape index (κ1) is 16.8. The van der Waals surface area contributed by atoms with Gasteiger partial charge in [-0.25, -0.2) is 4.79 Å². The summed E-state index contributed by atoms with van der Waals surface area (Å²) < 4.78 is 11.8. The van der Waals surface area contributed by atoms with Crippen molar-refractivity contribution in [3.05, 3.63) is 56.4 Å². The third-order valence-electron chi connectivity index (χ3n) is 4.27. The number of fused-ring (bicyclic) bond motifs is 1. The normalized spacial score (nSPS) is 13.3. The summed E-state index contributed by atoms with van der Waals surface area (Å²) in [5.74, 6) is 1.10. The van der Waals surface area contributed by atoms with E-state index < -0.39 is 11.2 Å². The number of hydrogen-bond acceptors (Lipinski definition) is 5. The Morgan fingerprint density at radius 1 is 1.16 bits per heavy atom. The van der Waals surface area contributed by atoms with Gasteiger partial charge in [-0.3, -0.25) is 19.1 Å². The fourth-order valence-corrected chi connectivity index (χ4v) is 2.91. The van der Waals surface area contributed by atoms with Crippen LogP contribution in [0.4, 0.5) is 0 Å². The second-order valence-corrected chi connectivity index (χ2v) is 5.78. The summed E-state index contributed by atoms with van der Waals surface area (Å²) in [4.78, 5) is 39.1. The highest BCUT2D eigenvalue weighted by Crippen LogP contribution is 2.33. The second-order valence-electron chi connectivity index (χ2n) is 5.78. The highest BCUT2D eigenvalue weighted by atomic mass is 16.5. The van der Waals surface area contributed by atoms with Gasteiger partial charge in [-0.1, -0.05) is 0 Å². The van der Waals surface area contributed by atoms with Crippen LogP contribution >= 0.6 is 0 Å². The van der Waals surface area contributed by atoms with Crippen LogP contribution in [-0.4, -0.2) is 41.1 Å². The predicted octanol–water partition coefficient (Wildman–Crippen LogP) is 0.139. The molecule has 8 nitrogen and oxygen atoms in total. The molecule has 132 valence electrons. The molecule has 0 radical (unpaired) electrons. The molecule has 1 N–H and O–H groups in total. The highest BCUT2D eigenvalue weighted by molar-refractivity contribution is 5.76. The van der Waals surface area contributed by atoms with E-state index in [0.29, 0.717) is 31.0 Å². The fraction of sp³-hybridized carbons (Fsp3) is 0.353. The Kier molecular flexibility index (Phi) is 4.60. The van der Waals surface area contributed by atoms with Crippen molar-refractivity contribution >= 4 is 5.91 Å². The first-order valence-electron chi connectivity index (χ1n) is 7.83. The van der Waals surface area contributed by atoms with Crippen molar-refractivity contribution in [2.45, 2.75) is 19.5 Å². The molecule has 8 heteroatoms. The van der Waals surface area contributed by atoms with Crippen molar-refractivity contribution in [1.29, 1.82) is 0 Å². The van der Waals surface area contributed by atoms with Gasteiger partial charge in [0, 0.05) is 25.4 Å². The van der Waals surface area contributed by atoms with E-state index in [9.17, 15) is 14.4 Å². The topological polar surface area (TPSA) is 93.6 Å². The molecule has 0 bridgehead atoms. The number of aromatic nitrogens is 2. The van der Waals surface area contributed by atoms with Crippen molar-refractivity contribution in [3.63, 3.8) is 0 Å². The largest absolute Gasteiger partial charge is 0.493 e. The summed E-state index contributed by atoms with van der Waals surface area (Å²) in [6.45, 7) is 0.879. The Balaban J connectivity index is 1.78. The van der Waals surface area contributed by atoms with Crippen molar-refractivity contribution in [2.75, 3.05) is 20.8 Å². The molecular formula is C17H19N3O5. The third kappa shape index (κ3) is 3.42. The minimum Gasteiger partial charge on any atom is -0.493 e. The summed E-state index contributed by atoms with van der Waals surface area (Å²) >= 11 is 0. The monoisotopic (exact) mass is 345 g/mol. The van der Waals surface area contributed by atoms with E-state index in [1.165, 1.54) is 16.8 Å². The number of hydrogen-bond donors (Lipinski definition) is 1. The lowest BCUT2D eigenvalue weighted by Crippen LogP contribution is -2.40. The summed E-state index contributed by atoms with van der Waals surface area (Å²) in [7, 11) is 3.16. The van der Waals surface area contributed by atoms with Gasteiger partial charge >= 0.3 is 5.69 Å². The van der Waals surface area contributed by atoms with Crippen LogP contribution in [0.3, 0.4) is 0 Å². The zero-order chi connectivity index (χ0) is 18.0. The maximum Gasteiger partial charge on any atom is 0.328 e. The van der Waals surface area contributed by atoms with Crippen molar-refractivity contribution in [2.24, 2.45) is 0 Å². The van der Waals surface area contributed by atoms with Gasteiger partial charge < -0.3 is 14.4 Å². The average molecular weight is 345 g/mol. The molecule has 2 aromatic rings. The Morgan fingerprint density at radius 3 is 2.48 bits per heavy atom. The van der Waals surface area contributed by atoms with Crippen LogP contribution in [0, 0.1) is 0 Å². The number of aromatic amines is 1. The van der Waals surface area contributed by atoms with Crippen LogP contribution in [0.2, 0.25) is 0 Å². The zero-order valence-corrected chi connectivity index (χ0v) is 14.1. The quantitative estimate of drug-likeness (QED) is 0.851. The average Bonchev–Trinajstić information content (AvgIpc) is 2.62. The van der Waals surface area contributed by atoms with E-state index in [0.717, 1.165) is 11.1 Å². The maximum absolute atomic E-state index is 12.5. The number of amides is 1. The molecule has 0 unspecified atom stereocenters. The molecule has 1 amide bonds. The summed E-state index contributed by atoms with van der Waals surface area (Å²) in [6.07, 6.45) is 2.02. The molecule has 1 aromatic carbocycles. The molecule has 25 heavy (non-hydrogen) atoms. The maximum atomic E-state index is 12.5. The van der Waals surface area contributed by atoms with Gasteiger partial charge in [-0.15, -0.1) is 0 Å². The first-order valence-corrected chi connectivity index (χ1v) is 7.83. The number of carbonyl (C=O) groups excluding carboxylic acids is 1. The van der Waals surface area contributed by atoms with Gasteiger partial charge in [-0.05, 0) is 29.7 Å². The zero-order valence-electron chi connectivity index (χ0n) is 14.1. The lowest BCUT2D eigenvalue weighted by molar-refractivity contribution is -0.132. The Bertz CT molecular complexity index is 915. The second kappa shape index (κ2) is 6.84. The molecule has 0 fully saturated rings. The van der Waals surface area contributed by atoms with Crippen LogP contribution < -0.4 is 20.7 Å². The van der Waals surface area contributed by atoms with Crippen LogP contribution in [0.5, 0.6) is 11.5 Å². The molecule has 0 aliphatic carbocycles. The molecule has 1 aliphatic rings. The van der Waals surface area contributed by atoms with Crippen LogP contribution in [-0.2, 0) is 24.3 Å². The predicted molar refractivity (Wildman–Crippen MR) is 90.0 cm³/mol. The molecule has 1 aliphatic heterocycles. The van der Waals surface area contributed by atoms with E-state index in [2.05, 4.69) is 4.98 Å². The number of carbonyl (C=O) groups is 1. The molecule has 3 rings (SSSR count). The summed E-state index contributed by atoms with van der Waals surface area (Å²) in [5.41, 5.74) is 1.03. The van der Waals surface area contributed by atoms with E-state index in [4.69, 9.17) is 9.47 Å². The van der Waals surface area contributed by atoms with Crippen LogP contribution in [0.15, 0.2) is 34.0 Å². The standard InChI is InChI=1S/C17H19N3O5/c1-24-13-7-11-3-5-19(9-12(11)8-14(13)25-2)16(22)10-20-6-4-15(21)18-17(20)23/h4,6-8H,3,5,9-10H2,1-2H3,(H,18,21,23). The van der Waals surface area contributed by atoms with Crippen LogP contribution in [0.1, 0.15) is 11.1 Å². The lowest BCUT2D eigenvalue weighted by Gasteiger charge is -2.29. The Hall–Kier alpha value is -3.03. The number of H-pyrrole nitrogens is 1. The smallest absolute Gasteiger partial charge is 0.328 e. The number of benzene rings is 1. The summed E-state index contributed by atoms with van der Waals surface area (Å²) in [6, 6.07) is 5.03. The van der Waals surface area contributed by atoms with Crippen molar-refractivity contribution in [3.8, 4) is 11.5 Å². The van der Waals surface area contributed by atoms with Gasteiger partial charge in [0.15, 0.2) is 11.5 Å². The van der Waals surface area contributed by atoms with Gasteiger partial charge in [0.25, 0.3) is 5.56 Å². The minimum atomic E-state index is -0.593. The number of ether oxygens (including phenoxy) is 2. The van der Waals surface area contributed by atoms with Gasteiger partial charge in [0.2, 0.25) is 5.91 Å². The van der Waals surface area contributed by atoms with E-state index in [1.54, 1.807) is 19.1 Å².